The van der Waals surface area contributed by atoms with Crippen LogP contribution >= 0.6 is 0 Å². The van der Waals surface area contributed by atoms with Crippen LogP contribution in [-0.2, 0) is 5.60 Å². The molecule has 0 radical (unpaired) electrons. The third-order valence-electron chi connectivity index (χ3n) is 2.75. The van der Waals surface area contributed by atoms with E-state index in [-0.39, 0.29) is 5.92 Å². The molecule has 0 fully saturated rings. The molecule has 0 saturated heterocycles. The van der Waals surface area contributed by atoms with E-state index >= 15 is 0 Å². The summed E-state index contributed by atoms with van der Waals surface area (Å²) < 4.78 is 0. The molecular weight excluding hydrogens is 174 g/mol. The van der Waals surface area contributed by atoms with Crippen molar-refractivity contribution in [2.75, 3.05) is 6.54 Å². The number of hydrogen-bond acceptors (Lipinski definition) is 2. The molecule has 2 nitrogen and oxygen atoms in total. The first-order valence-electron chi connectivity index (χ1n) is 5.09. The van der Waals surface area contributed by atoms with Crippen molar-refractivity contribution in [1.29, 1.82) is 0 Å². The van der Waals surface area contributed by atoms with Gasteiger partial charge in [-0.2, -0.15) is 0 Å². The van der Waals surface area contributed by atoms with Crippen molar-refractivity contribution in [2.24, 2.45) is 11.7 Å². The normalized spacial score (nSPS) is 15.5. The van der Waals surface area contributed by atoms with Gasteiger partial charge in [0.15, 0.2) is 0 Å². The van der Waals surface area contributed by atoms with Crippen molar-refractivity contribution in [2.45, 2.75) is 25.9 Å². The summed E-state index contributed by atoms with van der Waals surface area (Å²) in [5.74, 6) is 0.174. The van der Waals surface area contributed by atoms with Crippen molar-refractivity contribution < 1.29 is 5.11 Å². The van der Waals surface area contributed by atoms with Crippen LogP contribution < -0.4 is 5.73 Å². The second kappa shape index (κ2) is 4.58. The van der Waals surface area contributed by atoms with Gasteiger partial charge in [-0.25, -0.2) is 0 Å². The molecular formula is C12H19NO. The summed E-state index contributed by atoms with van der Waals surface area (Å²) in [5, 5.41) is 10.5. The maximum Gasteiger partial charge on any atom is 0.0931 e. The van der Waals surface area contributed by atoms with Gasteiger partial charge in [-0.3, -0.25) is 0 Å². The first-order valence-corrected chi connectivity index (χ1v) is 5.09. The van der Waals surface area contributed by atoms with Crippen LogP contribution in [0, 0.1) is 5.92 Å². The van der Waals surface area contributed by atoms with Gasteiger partial charge in [0.1, 0.15) is 0 Å². The molecule has 1 aromatic carbocycles. The summed E-state index contributed by atoms with van der Waals surface area (Å²) in [5.41, 5.74) is 5.71. The van der Waals surface area contributed by atoms with Crippen LogP contribution in [0.3, 0.4) is 0 Å². The molecule has 2 heteroatoms. The smallest absolute Gasteiger partial charge is 0.0931 e. The summed E-state index contributed by atoms with van der Waals surface area (Å²) in [6.07, 6.45) is 0.606. The highest BCUT2D eigenvalue weighted by molar-refractivity contribution is 5.22. The van der Waals surface area contributed by atoms with Gasteiger partial charge >= 0.3 is 0 Å². The van der Waals surface area contributed by atoms with Gasteiger partial charge in [0.2, 0.25) is 0 Å². The minimum absolute atomic E-state index is 0.174. The molecule has 1 unspecified atom stereocenters. The van der Waals surface area contributed by atoms with Crippen LogP contribution in [0.2, 0.25) is 0 Å². The van der Waals surface area contributed by atoms with Crippen molar-refractivity contribution in [3.8, 4) is 0 Å². The van der Waals surface area contributed by atoms with Crippen LogP contribution in [0.4, 0.5) is 0 Å². The fourth-order valence-corrected chi connectivity index (χ4v) is 1.71. The topological polar surface area (TPSA) is 46.2 Å². The summed E-state index contributed by atoms with van der Waals surface area (Å²) in [4.78, 5) is 0. The third kappa shape index (κ3) is 2.14. The maximum atomic E-state index is 10.5. The Hall–Kier alpha value is -0.860. The second-order valence-electron chi connectivity index (χ2n) is 3.98. The van der Waals surface area contributed by atoms with E-state index in [1.165, 1.54) is 0 Å². The van der Waals surface area contributed by atoms with Crippen molar-refractivity contribution in [3.63, 3.8) is 0 Å². The molecule has 14 heavy (non-hydrogen) atoms. The predicted molar refractivity (Wildman–Crippen MR) is 58.8 cm³/mol. The number of nitrogens with two attached hydrogens (primary N) is 1. The molecule has 1 rings (SSSR count). The predicted octanol–water partition coefficient (Wildman–Crippen LogP) is 1.88. The summed E-state index contributed by atoms with van der Waals surface area (Å²) >= 11 is 0. The minimum Gasteiger partial charge on any atom is -0.385 e. The van der Waals surface area contributed by atoms with Crippen LogP contribution in [-0.4, -0.2) is 11.7 Å². The summed E-state index contributed by atoms with van der Waals surface area (Å²) in [6, 6.07) is 9.75. The highest BCUT2D eigenvalue weighted by Gasteiger charge is 2.31. The highest BCUT2D eigenvalue weighted by Crippen LogP contribution is 2.32. The van der Waals surface area contributed by atoms with Crippen molar-refractivity contribution in [1.82, 2.24) is 0 Å². The van der Waals surface area contributed by atoms with E-state index in [0.29, 0.717) is 13.0 Å². The van der Waals surface area contributed by atoms with E-state index in [9.17, 15) is 5.11 Å². The van der Waals surface area contributed by atoms with Crippen molar-refractivity contribution >= 4 is 0 Å². The van der Waals surface area contributed by atoms with Gasteiger partial charge in [0, 0.05) is 0 Å². The van der Waals surface area contributed by atoms with Gasteiger partial charge in [0.25, 0.3) is 0 Å². The van der Waals surface area contributed by atoms with Gasteiger partial charge in [-0.15, -0.1) is 0 Å². The lowest BCUT2D eigenvalue weighted by atomic mass is 9.81. The van der Waals surface area contributed by atoms with Crippen molar-refractivity contribution in [3.05, 3.63) is 35.9 Å². The molecule has 1 aromatic rings. The molecule has 0 amide bonds. The standard InChI is InChI=1S/C12H19NO/c1-10(2)12(14,8-9-13)11-6-4-3-5-7-11/h3-7,10,14H,8-9,13H2,1-2H3. The fraction of sp³-hybridized carbons (Fsp3) is 0.500. The number of hydrogen-bond donors (Lipinski definition) is 2. The first kappa shape index (κ1) is 11.2. The van der Waals surface area contributed by atoms with E-state index in [1.54, 1.807) is 0 Å². The Morgan fingerprint density at radius 1 is 1.29 bits per heavy atom. The Kier molecular flexibility index (Phi) is 3.67. The van der Waals surface area contributed by atoms with Crippen LogP contribution in [0.1, 0.15) is 25.8 Å². The lowest BCUT2D eigenvalue weighted by Gasteiger charge is -2.32. The van der Waals surface area contributed by atoms with E-state index < -0.39 is 5.60 Å². The van der Waals surface area contributed by atoms with Gasteiger partial charge < -0.3 is 10.8 Å². The third-order valence-corrected chi connectivity index (χ3v) is 2.75. The van der Waals surface area contributed by atoms with Crippen LogP contribution in [0.25, 0.3) is 0 Å². The van der Waals surface area contributed by atoms with Gasteiger partial charge in [0.05, 0.1) is 5.60 Å². The molecule has 0 aromatic heterocycles. The zero-order chi connectivity index (χ0) is 10.6. The molecule has 0 aliphatic carbocycles. The molecule has 0 aliphatic rings. The van der Waals surface area contributed by atoms with E-state index in [1.807, 2.05) is 44.2 Å². The highest BCUT2D eigenvalue weighted by atomic mass is 16.3. The molecule has 0 spiro atoms. The first-order chi connectivity index (χ1) is 6.61. The molecule has 0 aliphatic heterocycles. The van der Waals surface area contributed by atoms with E-state index in [2.05, 4.69) is 0 Å². The fourth-order valence-electron chi connectivity index (χ4n) is 1.71. The maximum absolute atomic E-state index is 10.5. The molecule has 78 valence electrons. The van der Waals surface area contributed by atoms with Gasteiger partial charge in [-0.1, -0.05) is 44.2 Å². The summed E-state index contributed by atoms with van der Waals surface area (Å²) in [6.45, 7) is 4.54. The molecule has 0 saturated carbocycles. The van der Waals surface area contributed by atoms with Crippen LogP contribution in [0.5, 0.6) is 0 Å². The molecule has 3 N–H and O–H groups in total. The summed E-state index contributed by atoms with van der Waals surface area (Å²) in [7, 11) is 0. The minimum atomic E-state index is -0.782. The van der Waals surface area contributed by atoms with Crippen LogP contribution in [0.15, 0.2) is 30.3 Å². The Balaban J connectivity index is 2.99. The number of aliphatic hydroxyl groups is 1. The lowest BCUT2D eigenvalue weighted by Crippen LogP contribution is -2.34. The average molecular weight is 193 g/mol. The van der Waals surface area contributed by atoms with Gasteiger partial charge in [-0.05, 0) is 24.4 Å². The quantitative estimate of drug-likeness (QED) is 0.767. The Morgan fingerprint density at radius 2 is 1.86 bits per heavy atom. The van der Waals surface area contributed by atoms with E-state index in [4.69, 9.17) is 5.73 Å². The molecule has 0 heterocycles. The Bertz CT molecular complexity index is 271. The average Bonchev–Trinajstić information content (AvgIpc) is 2.19. The zero-order valence-electron chi connectivity index (χ0n) is 8.90. The Morgan fingerprint density at radius 3 is 2.29 bits per heavy atom. The zero-order valence-corrected chi connectivity index (χ0v) is 8.90. The Labute approximate surface area is 85.8 Å². The molecule has 1 atom stereocenters. The monoisotopic (exact) mass is 193 g/mol. The largest absolute Gasteiger partial charge is 0.385 e. The van der Waals surface area contributed by atoms with E-state index in [0.717, 1.165) is 5.56 Å². The lowest BCUT2D eigenvalue weighted by molar-refractivity contribution is -0.0161. The second-order valence-corrected chi connectivity index (χ2v) is 3.98. The number of benzene rings is 1. The molecule has 0 bridgehead atoms. The SMILES string of the molecule is CC(C)C(O)(CCN)c1ccccc1. The number of rotatable bonds is 4.